The lowest BCUT2D eigenvalue weighted by molar-refractivity contribution is -0.161. The molecule has 0 aromatic carbocycles. The molecule has 0 saturated carbocycles. The number of carbonyl (C=O) groups is 2. The van der Waals surface area contributed by atoms with Gasteiger partial charge in [0.15, 0.2) is 6.10 Å². The fourth-order valence-corrected chi connectivity index (χ4v) is 10.8. The number of esters is 2. The van der Waals surface area contributed by atoms with Gasteiger partial charge < -0.3 is 20.1 Å². The minimum atomic E-state index is -4.41. The van der Waals surface area contributed by atoms with Crippen LogP contribution < -0.4 is 5.73 Å². The SMILES string of the molecule is CC/C=C\C/C=C\C/C=C\C/C=C\C/C=C\C/C=C\C/C=C\CCCCCCCC(=O)OC(COC(=O)CCCCCCCCCCCCCCCCCCCCCCCCCC/C=C\C/C=C\C/C=C\CCCCCCC)COP(=O)(O)OCCN. The van der Waals surface area contributed by atoms with E-state index in [0.29, 0.717) is 6.42 Å². The van der Waals surface area contributed by atoms with E-state index in [4.69, 9.17) is 24.3 Å². The second kappa shape index (κ2) is 71.5. The van der Waals surface area contributed by atoms with Crippen molar-refractivity contribution in [2.75, 3.05) is 26.4 Å². The number of rotatable bonds is 67. The van der Waals surface area contributed by atoms with Gasteiger partial charge >= 0.3 is 19.8 Å². The molecule has 0 spiro atoms. The molecular formula is C77H134NO8P. The second-order valence-corrected chi connectivity index (χ2v) is 25.2. The summed E-state index contributed by atoms with van der Waals surface area (Å²) in [6.45, 7) is 3.62. The Morgan fingerprint density at radius 2 is 0.632 bits per heavy atom. The summed E-state index contributed by atoms with van der Waals surface area (Å²) in [7, 11) is -4.41. The minimum absolute atomic E-state index is 0.0453. The van der Waals surface area contributed by atoms with Crippen LogP contribution in [0.15, 0.2) is 122 Å². The maximum atomic E-state index is 12.8. The molecule has 0 rings (SSSR count). The van der Waals surface area contributed by atoms with Crippen molar-refractivity contribution in [3.63, 3.8) is 0 Å². The predicted molar refractivity (Wildman–Crippen MR) is 376 cm³/mol. The molecule has 2 unspecified atom stereocenters. The molecule has 0 aliphatic heterocycles. The topological polar surface area (TPSA) is 134 Å². The zero-order valence-electron chi connectivity index (χ0n) is 56.2. The molecule has 2 atom stereocenters. The molecule has 0 fully saturated rings. The number of nitrogens with two attached hydrogens (primary N) is 1. The van der Waals surface area contributed by atoms with Crippen LogP contribution in [0.3, 0.4) is 0 Å². The van der Waals surface area contributed by atoms with Crippen molar-refractivity contribution in [2.45, 2.75) is 328 Å². The first-order valence-electron chi connectivity index (χ1n) is 36.0. The van der Waals surface area contributed by atoms with Crippen LogP contribution in [0.1, 0.15) is 322 Å². The number of allylic oxidation sites excluding steroid dienone is 20. The summed E-state index contributed by atoms with van der Waals surface area (Å²) >= 11 is 0. The van der Waals surface area contributed by atoms with Gasteiger partial charge in [0.25, 0.3) is 0 Å². The highest BCUT2D eigenvalue weighted by molar-refractivity contribution is 7.47. The van der Waals surface area contributed by atoms with E-state index in [1.165, 1.54) is 180 Å². The molecule has 0 aromatic rings. The quantitative estimate of drug-likeness (QED) is 0.0264. The highest BCUT2D eigenvalue weighted by Crippen LogP contribution is 2.43. The lowest BCUT2D eigenvalue weighted by Crippen LogP contribution is -2.29. The zero-order valence-corrected chi connectivity index (χ0v) is 57.1. The van der Waals surface area contributed by atoms with Gasteiger partial charge in [-0.05, 0) is 109 Å². The van der Waals surface area contributed by atoms with Gasteiger partial charge in [0.05, 0.1) is 13.2 Å². The van der Waals surface area contributed by atoms with E-state index >= 15 is 0 Å². The highest BCUT2D eigenvalue weighted by Gasteiger charge is 2.26. The van der Waals surface area contributed by atoms with Gasteiger partial charge in [0.1, 0.15) is 6.61 Å². The average molecular weight is 1230 g/mol. The van der Waals surface area contributed by atoms with Crippen LogP contribution in [0, 0.1) is 0 Å². The van der Waals surface area contributed by atoms with Gasteiger partial charge in [-0.15, -0.1) is 0 Å². The van der Waals surface area contributed by atoms with Crippen molar-refractivity contribution in [2.24, 2.45) is 5.73 Å². The van der Waals surface area contributed by atoms with Gasteiger partial charge in [-0.1, -0.05) is 322 Å². The first kappa shape index (κ1) is 83.4. The molecule has 0 aromatic heterocycles. The van der Waals surface area contributed by atoms with E-state index < -0.39 is 26.5 Å². The summed E-state index contributed by atoms with van der Waals surface area (Å²) in [4.78, 5) is 35.4. The Balaban J connectivity index is 3.87. The van der Waals surface area contributed by atoms with Crippen LogP contribution in [-0.2, 0) is 32.7 Å². The Morgan fingerprint density at radius 1 is 0.356 bits per heavy atom. The Labute approximate surface area is 536 Å². The summed E-state index contributed by atoms with van der Waals surface area (Å²) < 4.78 is 33.2. The molecule has 0 aliphatic carbocycles. The Hall–Kier alpha value is -3.59. The van der Waals surface area contributed by atoms with Crippen molar-refractivity contribution < 1.29 is 37.6 Å². The largest absolute Gasteiger partial charge is 0.472 e. The van der Waals surface area contributed by atoms with Crippen LogP contribution in [0.5, 0.6) is 0 Å². The van der Waals surface area contributed by atoms with Gasteiger partial charge in [0, 0.05) is 19.4 Å². The van der Waals surface area contributed by atoms with Crippen LogP contribution in [0.4, 0.5) is 0 Å². The molecule has 0 aliphatic rings. The highest BCUT2D eigenvalue weighted by atomic mass is 31.2. The molecule has 0 bridgehead atoms. The normalized spacial score (nSPS) is 13.7. The molecule has 500 valence electrons. The van der Waals surface area contributed by atoms with E-state index in [9.17, 15) is 19.0 Å². The number of phosphoric ester groups is 1. The van der Waals surface area contributed by atoms with Crippen molar-refractivity contribution in [3.8, 4) is 0 Å². The lowest BCUT2D eigenvalue weighted by Gasteiger charge is -2.19. The monoisotopic (exact) mass is 1230 g/mol. The Bertz CT molecular complexity index is 1840. The number of phosphoric acid groups is 1. The van der Waals surface area contributed by atoms with Gasteiger partial charge in [0.2, 0.25) is 0 Å². The number of hydrogen-bond acceptors (Lipinski definition) is 8. The van der Waals surface area contributed by atoms with Crippen molar-refractivity contribution in [1.29, 1.82) is 0 Å². The van der Waals surface area contributed by atoms with Crippen molar-refractivity contribution in [3.05, 3.63) is 122 Å². The average Bonchev–Trinajstić information content (AvgIpc) is 3.62. The summed E-state index contributed by atoms with van der Waals surface area (Å²) in [5.41, 5.74) is 5.40. The van der Waals surface area contributed by atoms with E-state index in [1.54, 1.807) is 0 Å². The first-order chi connectivity index (χ1) is 42.8. The fraction of sp³-hybridized carbons (Fsp3) is 0.714. The molecule has 3 N–H and O–H groups in total. The van der Waals surface area contributed by atoms with Gasteiger partial charge in [-0.2, -0.15) is 0 Å². The van der Waals surface area contributed by atoms with Crippen LogP contribution >= 0.6 is 7.82 Å². The predicted octanol–water partition coefficient (Wildman–Crippen LogP) is 23.9. The van der Waals surface area contributed by atoms with Crippen molar-refractivity contribution in [1.82, 2.24) is 0 Å². The second-order valence-electron chi connectivity index (χ2n) is 23.7. The van der Waals surface area contributed by atoms with Gasteiger partial charge in [-0.25, -0.2) is 4.57 Å². The lowest BCUT2D eigenvalue weighted by atomic mass is 10.0. The third kappa shape index (κ3) is 71.4. The van der Waals surface area contributed by atoms with E-state index in [0.717, 1.165) is 109 Å². The Kier molecular flexibility index (Phi) is 68.5. The third-order valence-electron chi connectivity index (χ3n) is 15.3. The molecule has 0 radical (unpaired) electrons. The smallest absolute Gasteiger partial charge is 0.462 e. The first-order valence-corrected chi connectivity index (χ1v) is 37.5. The maximum Gasteiger partial charge on any atom is 0.472 e. The summed E-state index contributed by atoms with van der Waals surface area (Å²) in [5.74, 6) is -0.846. The number of carbonyl (C=O) groups excluding carboxylic acids is 2. The fourth-order valence-electron chi connectivity index (χ4n) is 10.0. The molecule has 0 saturated heterocycles. The molecule has 10 heteroatoms. The molecule has 0 heterocycles. The van der Waals surface area contributed by atoms with Crippen LogP contribution in [0.2, 0.25) is 0 Å². The van der Waals surface area contributed by atoms with E-state index in [-0.39, 0.29) is 38.6 Å². The number of ether oxygens (including phenoxy) is 2. The van der Waals surface area contributed by atoms with Crippen molar-refractivity contribution >= 4 is 19.8 Å². The molecule has 87 heavy (non-hydrogen) atoms. The van der Waals surface area contributed by atoms with E-state index in [1.807, 2.05) is 0 Å². The number of unbranched alkanes of at least 4 members (excludes halogenated alkanes) is 34. The van der Waals surface area contributed by atoms with Gasteiger partial charge in [-0.3, -0.25) is 18.6 Å². The molecule has 0 amide bonds. The van der Waals surface area contributed by atoms with E-state index in [2.05, 4.69) is 135 Å². The molecular weight excluding hydrogens is 1100 g/mol. The third-order valence-corrected chi connectivity index (χ3v) is 16.3. The zero-order chi connectivity index (χ0) is 63.0. The minimum Gasteiger partial charge on any atom is -0.462 e. The van der Waals surface area contributed by atoms with Crippen LogP contribution in [-0.4, -0.2) is 49.3 Å². The standard InChI is InChI=1S/C77H134NO8P/c1-3-5-7-9-11-13-15-17-19-21-23-25-27-29-31-32-33-34-35-36-37-38-39-40-41-42-44-45-47-49-51-53-55-57-59-61-63-65-67-69-76(79)83-73-75(74-85-87(81,82)84-72-71-78)86-77(80)70-68-66-64-62-60-58-56-54-52-50-48-46-43-30-28-26-24-22-20-18-16-14-12-10-8-6-4-2/h6,8,12,14-15,17-18,20-21,23-24,26-27,29-30,43,48,50,54,56,75H,3-5,7,9-11,13,16,19,22,25,28,31-42,44-47,49,51-53,55,57-74,78H2,1-2H3,(H,81,82)/b8-6-,14-12-,17-15-,20-18-,23-21-,26-24-,29-27-,43-30-,50-48-,56-54-. The summed E-state index contributed by atoms with van der Waals surface area (Å²) in [6.07, 6.45) is 100. The molecule has 9 nitrogen and oxygen atoms in total. The summed E-state index contributed by atoms with van der Waals surface area (Å²) in [6, 6.07) is 0. The Morgan fingerprint density at radius 3 is 0.943 bits per heavy atom. The maximum absolute atomic E-state index is 12.8. The number of hydrogen-bond donors (Lipinski definition) is 2. The summed E-state index contributed by atoms with van der Waals surface area (Å²) in [5, 5.41) is 0. The van der Waals surface area contributed by atoms with Crippen LogP contribution in [0.25, 0.3) is 0 Å².